The first-order valence-electron chi connectivity index (χ1n) is 18.2. The fourth-order valence-corrected chi connectivity index (χ4v) is 10.7. The molecular formula is C39H48ClN5O7S. The van der Waals surface area contributed by atoms with Crippen molar-refractivity contribution in [1.29, 1.82) is 0 Å². The SMILES string of the molecule is COc1nn(C)cc1C(=O)NS1(=O)=NC(=O)c2ccc3c(c2)N(C[C@@H]2CC[C@H]2[C@@H](OC)/C=C\[C@H](OC)[C@H](C)C1)C[C@@]1(CCCc2cc(Cl)ccc21)CO3. The van der Waals surface area contributed by atoms with Crippen molar-refractivity contribution < 1.29 is 32.7 Å². The summed E-state index contributed by atoms with van der Waals surface area (Å²) in [6.07, 6.45) is 9.76. The highest BCUT2D eigenvalue weighted by atomic mass is 35.5. The Hall–Kier alpha value is -3.91. The van der Waals surface area contributed by atoms with Crippen molar-refractivity contribution in [2.75, 3.05) is 51.7 Å². The maximum atomic E-state index is 14.8. The molecule has 284 valence electrons. The summed E-state index contributed by atoms with van der Waals surface area (Å²) < 4.78 is 46.9. The van der Waals surface area contributed by atoms with Gasteiger partial charge in [0.25, 0.3) is 11.8 Å². The number of methoxy groups -OCH3 is 3. The monoisotopic (exact) mass is 765 g/mol. The molecule has 2 aromatic carbocycles. The molecule has 3 heterocycles. The van der Waals surface area contributed by atoms with Crippen LogP contribution in [0.1, 0.15) is 64.4 Å². The number of hydrogen-bond donors (Lipinski definition) is 1. The number of rotatable bonds is 5. The van der Waals surface area contributed by atoms with Gasteiger partial charge in [0.2, 0.25) is 5.88 Å². The summed E-state index contributed by atoms with van der Waals surface area (Å²) in [7, 11) is 2.63. The molecule has 1 saturated carbocycles. The number of amides is 2. The van der Waals surface area contributed by atoms with Crippen LogP contribution in [0.15, 0.2) is 59.1 Å². The van der Waals surface area contributed by atoms with Crippen molar-refractivity contribution in [2.24, 2.45) is 29.2 Å². The van der Waals surface area contributed by atoms with Gasteiger partial charge in [-0.05, 0) is 91.3 Å². The Labute approximate surface area is 316 Å². The van der Waals surface area contributed by atoms with Gasteiger partial charge in [-0.2, -0.15) is 0 Å². The van der Waals surface area contributed by atoms with Crippen molar-refractivity contribution in [2.45, 2.75) is 56.7 Å². The molecule has 2 amide bonds. The molecule has 7 atom stereocenters. The van der Waals surface area contributed by atoms with Gasteiger partial charge in [0.1, 0.15) is 21.2 Å². The highest BCUT2D eigenvalue weighted by Gasteiger charge is 2.44. The van der Waals surface area contributed by atoms with Gasteiger partial charge in [0.05, 0.1) is 37.4 Å². The molecule has 3 aromatic rings. The smallest absolute Gasteiger partial charge is 0.286 e. The Kier molecular flexibility index (Phi) is 10.6. The predicted molar refractivity (Wildman–Crippen MR) is 203 cm³/mol. The minimum Gasteiger partial charge on any atom is -0.490 e. The lowest BCUT2D eigenvalue weighted by Crippen LogP contribution is -2.49. The quantitative estimate of drug-likeness (QED) is 0.322. The van der Waals surface area contributed by atoms with E-state index in [4.69, 9.17) is 30.5 Å². The lowest BCUT2D eigenvalue weighted by atomic mass is 9.68. The Morgan fingerprint density at radius 2 is 1.89 bits per heavy atom. The second-order valence-electron chi connectivity index (χ2n) is 14.9. The van der Waals surface area contributed by atoms with E-state index in [1.807, 2.05) is 31.2 Å². The molecule has 4 aliphatic rings. The fraction of sp³-hybridized carbons (Fsp3) is 0.513. The van der Waals surface area contributed by atoms with Gasteiger partial charge in [0, 0.05) is 56.6 Å². The first-order valence-corrected chi connectivity index (χ1v) is 20.2. The van der Waals surface area contributed by atoms with Crippen LogP contribution in [0.2, 0.25) is 5.02 Å². The van der Waals surface area contributed by atoms with E-state index in [1.54, 1.807) is 33.4 Å². The van der Waals surface area contributed by atoms with Crippen molar-refractivity contribution in [3.05, 3.63) is 82.0 Å². The Morgan fingerprint density at radius 3 is 2.62 bits per heavy atom. The van der Waals surface area contributed by atoms with E-state index in [0.717, 1.165) is 49.4 Å². The van der Waals surface area contributed by atoms with Crippen LogP contribution in [0.5, 0.6) is 11.6 Å². The number of benzene rings is 2. The Balaban J connectivity index is 1.33. The summed E-state index contributed by atoms with van der Waals surface area (Å²) in [6.45, 7) is 3.76. The van der Waals surface area contributed by atoms with Gasteiger partial charge >= 0.3 is 0 Å². The summed E-state index contributed by atoms with van der Waals surface area (Å²) in [5.41, 5.74) is 3.31. The molecule has 1 spiro atoms. The van der Waals surface area contributed by atoms with Gasteiger partial charge in [-0.1, -0.05) is 36.7 Å². The molecule has 2 bridgehead atoms. The second-order valence-corrected chi connectivity index (χ2v) is 17.3. The summed E-state index contributed by atoms with van der Waals surface area (Å²) >= 11 is 6.46. The van der Waals surface area contributed by atoms with E-state index in [2.05, 4.69) is 31.2 Å². The third-order valence-electron chi connectivity index (χ3n) is 11.4. The maximum absolute atomic E-state index is 14.8. The normalized spacial score (nSPS) is 30.5. The highest BCUT2D eigenvalue weighted by molar-refractivity contribution is 7.92. The van der Waals surface area contributed by atoms with E-state index in [9.17, 15) is 13.8 Å². The summed E-state index contributed by atoms with van der Waals surface area (Å²) in [6, 6.07) is 11.5. The minimum absolute atomic E-state index is 0.0606. The molecule has 0 saturated heterocycles. The first-order chi connectivity index (χ1) is 25.4. The van der Waals surface area contributed by atoms with Crippen LogP contribution < -0.4 is 19.1 Å². The molecule has 2 aliphatic heterocycles. The van der Waals surface area contributed by atoms with Crippen LogP contribution in [0, 0.1) is 17.8 Å². The van der Waals surface area contributed by atoms with Crippen LogP contribution in [-0.2, 0) is 38.3 Å². The molecule has 1 N–H and O–H groups in total. The lowest BCUT2D eigenvalue weighted by Gasteiger charge is -2.46. The number of carbonyl (C=O) groups is 2. The van der Waals surface area contributed by atoms with E-state index in [-0.39, 0.29) is 40.2 Å². The molecule has 53 heavy (non-hydrogen) atoms. The van der Waals surface area contributed by atoms with Crippen molar-refractivity contribution in [1.82, 2.24) is 14.5 Å². The average molecular weight is 766 g/mol. The molecule has 1 fully saturated rings. The zero-order chi connectivity index (χ0) is 37.5. The molecule has 14 heteroatoms. The van der Waals surface area contributed by atoms with Crippen LogP contribution in [0.4, 0.5) is 5.69 Å². The number of anilines is 1. The molecule has 12 nitrogen and oxygen atoms in total. The minimum atomic E-state index is -3.72. The number of nitrogens with one attached hydrogen (secondary N) is 1. The van der Waals surface area contributed by atoms with Gasteiger partial charge < -0.3 is 23.8 Å². The number of nitrogens with zero attached hydrogens (tertiary/aromatic N) is 4. The van der Waals surface area contributed by atoms with E-state index < -0.39 is 33.8 Å². The van der Waals surface area contributed by atoms with Gasteiger partial charge in [-0.15, -0.1) is 9.46 Å². The van der Waals surface area contributed by atoms with E-state index in [0.29, 0.717) is 24.8 Å². The first kappa shape index (κ1) is 37.4. The summed E-state index contributed by atoms with van der Waals surface area (Å²) in [4.78, 5) is 30.1. The zero-order valence-corrected chi connectivity index (χ0v) is 32.5. The van der Waals surface area contributed by atoms with Crippen molar-refractivity contribution in [3.8, 4) is 11.6 Å². The topological polar surface area (TPSA) is 134 Å². The number of carbonyl (C=O) groups excluding carboxylic acids is 2. The lowest BCUT2D eigenvalue weighted by molar-refractivity contribution is 0.0120. The zero-order valence-electron chi connectivity index (χ0n) is 30.9. The average Bonchev–Trinajstić information content (AvgIpc) is 3.44. The van der Waals surface area contributed by atoms with Crippen molar-refractivity contribution in [3.63, 3.8) is 0 Å². The Morgan fingerprint density at radius 1 is 1.09 bits per heavy atom. The molecule has 1 unspecified atom stereocenters. The van der Waals surface area contributed by atoms with Gasteiger partial charge in [-0.25, -0.2) is 4.21 Å². The molecule has 2 aliphatic carbocycles. The Bertz CT molecular complexity index is 2040. The summed E-state index contributed by atoms with van der Waals surface area (Å²) in [5, 5.41) is 4.88. The molecule has 7 rings (SSSR count). The summed E-state index contributed by atoms with van der Waals surface area (Å²) in [5.74, 6) is -0.688. The molecule has 1 aromatic heterocycles. The van der Waals surface area contributed by atoms with Gasteiger partial charge in [-0.3, -0.25) is 19.0 Å². The van der Waals surface area contributed by atoms with Gasteiger partial charge in [0.15, 0.2) is 0 Å². The number of halogens is 1. The van der Waals surface area contributed by atoms with Crippen LogP contribution in [0.25, 0.3) is 0 Å². The largest absolute Gasteiger partial charge is 0.490 e. The third kappa shape index (κ3) is 7.45. The van der Waals surface area contributed by atoms with Crippen LogP contribution in [0.3, 0.4) is 0 Å². The molecule has 0 radical (unpaired) electrons. The van der Waals surface area contributed by atoms with Crippen molar-refractivity contribution >= 4 is 39.0 Å². The highest BCUT2D eigenvalue weighted by Crippen LogP contribution is 2.47. The van der Waals surface area contributed by atoms with Crippen LogP contribution in [-0.4, -0.2) is 84.8 Å². The predicted octanol–water partition coefficient (Wildman–Crippen LogP) is 5.77. The standard InChI is InChI=1S/C39H48ClN5O7S/c1-24-21-53(48,43-37(47)30-20-44(2)41-38(30)51-5)42-36(46)26-9-13-35-32(18-26)45(19-27-8-11-29(27)34(50-4)15-14-33(24)49-3)22-39(23-52-35)16-6-7-25-17-28(40)10-12-31(25)39/h9-10,12-15,17-18,20,24,27,29,33-34H,6-8,11,16,19,21-23H2,1-5H3,(H,42,43,46,47,48)/b15-14-/t24-,27+,29-,33+,34+,39+,53?/m1/s1. The maximum Gasteiger partial charge on any atom is 0.286 e. The number of aryl methyl sites for hydroxylation is 2. The number of hydrogen-bond acceptors (Lipinski definition) is 9. The fourth-order valence-electron chi connectivity index (χ4n) is 8.61. The van der Waals surface area contributed by atoms with E-state index >= 15 is 0 Å². The number of aromatic nitrogens is 2. The third-order valence-corrected chi connectivity index (χ3v) is 13.6. The number of fused-ring (bicyclic) bond motifs is 4. The van der Waals surface area contributed by atoms with E-state index in [1.165, 1.54) is 29.1 Å². The molecular weight excluding hydrogens is 718 g/mol. The second kappa shape index (κ2) is 15.1. The number of ether oxygens (including phenoxy) is 4. The van der Waals surface area contributed by atoms with Crippen LogP contribution >= 0.6 is 11.6 Å².